The smallest absolute Gasteiger partial charge is 0.219 e. The van der Waals surface area contributed by atoms with Gasteiger partial charge in [0.2, 0.25) is 5.91 Å². The molecule has 0 aromatic heterocycles. The lowest BCUT2D eigenvalue weighted by atomic mass is 10.1. The lowest BCUT2D eigenvalue weighted by Gasteiger charge is -2.31. The molecule has 3 heteroatoms. The zero-order valence-corrected chi connectivity index (χ0v) is 9.48. The topological polar surface area (TPSA) is 29.5 Å². The van der Waals surface area contributed by atoms with E-state index in [-0.39, 0.29) is 12.0 Å². The maximum Gasteiger partial charge on any atom is 0.219 e. The number of amides is 1. The van der Waals surface area contributed by atoms with Crippen LogP contribution in [0.4, 0.5) is 0 Å². The number of benzene rings is 1. The van der Waals surface area contributed by atoms with Crippen LogP contribution >= 0.6 is 0 Å². The van der Waals surface area contributed by atoms with E-state index in [0.717, 1.165) is 31.7 Å². The summed E-state index contributed by atoms with van der Waals surface area (Å²) in [7, 11) is 0. The van der Waals surface area contributed by atoms with Crippen LogP contribution < -0.4 is 4.74 Å². The van der Waals surface area contributed by atoms with Crippen LogP contribution in [0.3, 0.4) is 0 Å². The van der Waals surface area contributed by atoms with Crippen molar-refractivity contribution in [3.63, 3.8) is 0 Å². The van der Waals surface area contributed by atoms with Crippen molar-refractivity contribution in [1.29, 1.82) is 0 Å². The molecular weight excluding hydrogens is 202 g/mol. The molecule has 0 unspecified atom stereocenters. The van der Waals surface area contributed by atoms with Crippen LogP contribution in [0.15, 0.2) is 24.3 Å². The van der Waals surface area contributed by atoms with E-state index in [1.165, 1.54) is 0 Å². The summed E-state index contributed by atoms with van der Waals surface area (Å²) in [5.41, 5.74) is 0. The zero-order chi connectivity index (χ0) is 11.4. The minimum absolute atomic E-state index is 0.160. The van der Waals surface area contributed by atoms with Gasteiger partial charge in [-0.05, 0) is 18.2 Å². The predicted octanol–water partition coefficient (Wildman–Crippen LogP) is 1.88. The summed E-state index contributed by atoms with van der Waals surface area (Å²) in [6.45, 7) is 3.23. The number of hydrogen-bond acceptors (Lipinski definition) is 2. The molecule has 0 bridgehead atoms. The maximum absolute atomic E-state index is 11.1. The van der Waals surface area contributed by atoms with E-state index in [4.69, 9.17) is 4.74 Å². The van der Waals surface area contributed by atoms with Crippen molar-refractivity contribution in [2.75, 3.05) is 13.1 Å². The fraction of sp³-hybridized carbons (Fsp3) is 0.462. The van der Waals surface area contributed by atoms with Crippen molar-refractivity contribution in [2.45, 2.75) is 25.9 Å². The highest BCUT2D eigenvalue weighted by atomic mass is 16.5. The molecule has 0 N–H and O–H groups in total. The summed E-state index contributed by atoms with van der Waals surface area (Å²) in [5, 5.41) is 0. The highest BCUT2D eigenvalue weighted by Crippen LogP contribution is 2.18. The molecule has 1 amide bonds. The predicted molar refractivity (Wildman–Crippen MR) is 61.2 cm³/mol. The van der Waals surface area contributed by atoms with Gasteiger partial charge in [0.1, 0.15) is 11.9 Å². The number of carbonyl (C=O) groups excluding carboxylic acids is 1. The minimum Gasteiger partial charge on any atom is -0.490 e. The van der Waals surface area contributed by atoms with E-state index in [0.29, 0.717) is 0 Å². The van der Waals surface area contributed by atoms with Gasteiger partial charge in [-0.3, -0.25) is 4.79 Å². The number of hydrogen-bond donors (Lipinski definition) is 0. The van der Waals surface area contributed by atoms with Crippen molar-refractivity contribution in [1.82, 2.24) is 4.90 Å². The third-order valence-corrected chi connectivity index (χ3v) is 2.88. The van der Waals surface area contributed by atoms with Crippen LogP contribution in [0.1, 0.15) is 19.8 Å². The summed E-state index contributed by atoms with van der Waals surface area (Å²) >= 11 is 0. The van der Waals surface area contributed by atoms with Crippen molar-refractivity contribution in [2.24, 2.45) is 0 Å². The van der Waals surface area contributed by atoms with Crippen molar-refractivity contribution in [3.05, 3.63) is 30.3 Å². The van der Waals surface area contributed by atoms with Crippen molar-refractivity contribution < 1.29 is 9.53 Å². The van der Waals surface area contributed by atoms with Gasteiger partial charge in [-0.15, -0.1) is 0 Å². The van der Waals surface area contributed by atoms with Gasteiger partial charge in [0, 0.05) is 32.9 Å². The highest BCUT2D eigenvalue weighted by Gasteiger charge is 2.21. The lowest BCUT2D eigenvalue weighted by molar-refractivity contribution is -0.130. The maximum atomic E-state index is 11.1. The fourth-order valence-corrected chi connectivity index (χ4v) is 1.93. The fourth-order valence-electron chi connectivity index (χ4n) is 1.93. The van der Waals surface area contributed by atoms with Gasteiger partial charge >= 0.3 is 0 Å². The van der Waals surface area contributed by atoms with E-state index < -0.39 is 0 Å². The molecule has 0 spiro atoms. The average molecular weight is 218 g/mol. The quantitative estimate of drug-likeness (QED) is 0.758. The van der Waals surface area contributed by atoms with Gasteiger partial charge in [-0.25, -0.2) is 0 Å². The van der Waals surface area contributed by atoms with Crippen LogP contribution in [-0.2, 0) is 4.79 Å². The molecule has 0 aliphatic carbocycles. The van der Waals surface area contributed by atoms with E-state index in [2.05, 4.69) is 6.07 Å². The zero-order valence-electron chi connectivity index (χ0n) is 9.48. The Hall–Kier alpha value is -1.51. The normalized spacial score (nSPS) is 17.2. The summed E-state index contributed by atoms with van der Waals surface area (Å²) in [5.74, 6) is 1.05. The average Bonchev–Trinajstić information content (AvgIpc) is 2.31. The van der Waals surface area contributed by atoms with E-state index >= 15 is 0 Å². The molecule has 1 aliphatic heterocycles. The molecule has 1 aromatic rings. The number of rotatable bonds is 2. The summed E-state index contributed by atoms with van der Waals surface area (Å²) in [6.07, 6.45) is 2.06. The van der Waals surface area contributed by atoms with Gasteiger partial charge in [0.25, 0.3) is 0 Å². The summed E-state index contributed by atoms with van der Waals surface area (Å²) in [4.78, 5) is 13.0. The van der Waals surface area contributed by atoms with E-state index in [1.807, 2.05) is 29.2 Å². The Kier molecular flexibility index (Phi) is 3.44. The molecule has 1 heterocycles. The number of nitrogens with zero attached hydrogens (tertiary/aromatic N) is 1. The Morgan fingerprint density at radius 2 is 2.00 bits per heavy atom. The largest absolute Gasteiger partial charge is 0.490 e. The molecule has 1 aliphatic rings. The third-order valence-electron chi connectivity index (χ3n) is 2.88. The third kappa shape index (κ3) is 2.75. The first-order valence-corrected chi connectivity index (χ1v) is 5.64. The van der Waals surface area contributed by atoms with E-state index in [1.54, 1.807) is 6.92 Å². The second-order valence-electron chi connectivity index (χ2n) is 4.06. The molecule has 1 saturated heterocycles. The Labute approximate surface area is 96.0 Å². The van der Waals surface area contributed by atoms with Crippen LogP contribution in [0, 0.1) is 6.07 Å². The standard InChI is InChI=1S/C13H16NO2/c1-11(15)14-9-7-13(8-10-14)16-12-5-3-2-4-6-12/h3-6,13H,7-10H2,1H3. The Morgan fingerprint density at radius 1 is 1.38 bits per heavy atom. The second kappa shape index (κ2) is 5.01. The first kappa shape index (κ1) is 11.0. The molecule has 1 fully saturated rings. The number of piperidine rings is 1. The van der Waals surface area contributed by atoms with Crippen LogP contribution in [-0.4, -0.2) is 30.0 Å². The first-order chi connectivity index (χ1) is 7.75. The Balaban J connectivity index is 1.84. The van der Waals surface area contributed by atoms with Crippen LogP contribution in [0.5, 0.6) is 5.75 Å². The van der Waals surface area contributed by atoms with Gasteiger partial charge in [0.05, 0.1) is 0 Å². The number of likely N-dealkylation sites (tertiary alicyclic amines) is 1. The molecule has 1 radical (unpaired) electrons. The van der Waals surface area contributed by atoms with Gasteiger partial charge < -0.3 is 9.64 Å². The molecule has 0 saturated carbocycles. The molecule has 1 aromatic carbocycles. The highest BCUT2D eigenvalue weighted by molar-refractivity contribution is 5.73. The number of carbonyl (C=O) groups is 1. The van der Waals surface area contributed by atoms with Gasteiger partial charge in [-0.1, -0.05) is 12.1 Å². The van der Waals surface area contributed by atoms with Gasteiger partial charge in [-0.2, -0.15) is 0 Å². The molecule has 16 heavy (non-hydrogen) atoms. The Morgan fingerprint density at radius 3 is 2.56 bits per heavy atom. The minimum atomic E-state index is 0.160. The van der Waals surface area contributed by atoms with E-state index in [9.17, 15) is 4.79 Å². The molecule has 85 valence electrons. The SMILES string of the molecule is CC(=O)N1CCC(Oc2cc[c]cc2)CC1. The molecule has 0 atom stereocenters. The summed E-state index contributed by atoms with van der Waals surface area (Å²) in [6, 6.07) is 10.5. The van der Waals surface area contributed by atoms with Crippen molar-refractivity contribution in [3.8, 4) is 5.75 Å². The van der Waals surface area contributed by atoms with Gasteiger partial charge in [0.15, 0.2) is 0 Å². The summed E-state index contributed by atoms with van der Waals surface area (Å²) < 4.78 is 5.83. The Bertz CT molecular complexity index is 342. The number of ether oxygens (including phenoxy) is 1. The second-order valence-corrected chi connectivity index (χ2v) is 4.06. The first-order valence-electron chi connectivity index (χ1n) is 5.64. The molecule has 3 nitrogen and oxygen atoms in total. The monoisotopic (exact) mass is 218 g/mol. The molecular formula is C13H16NO2. The molecule has 2 rings (SSSR count). The lowest BCUT2D eigenvalue weighted by Crippen LogP contribution is -2.40. The van der Waals surface area contributed by atoms with Crippen LogP contribution in [0.25, 0.3) is 0 Å². The van der Waals surface area contributed by atoms with Crippen LogP contribution in [0.2, 0.25) is 0 Å². The van der Waals surface area contributed by atoms with Crippen molar-refractivity contribution >= 4 is 5.91 Å².